The van der Waals surface area contributed by atoms with Crippen LogP contribution >= 0.6 is 0 Å². The lowest BCUT2D eigenvalue weighted by molar-refractivity contribution is 0.0600. The van der Waals surface area contributed by atoms with Crippen molar-refractivity contribution in [3.63, 3.8) is 0 Å². The second kappa shape index (κ2) is 5.73. The summed E-state index contributed by atoms with van der Waals surface area (Å²) < 4.78 is 20.8. The number of anilines is 1. The standard InChI is InChI=1S/C16H14N2O6/c1-21-11-5-7(16(20)23-3)4-9-13(11)24-14-10(18-9)6-8(17)12(19)15(14)22-2/h4-6H,17H2,1-3H3. The number of methoxy groups -OCH3 is 3. The summed E-state index contributed by atoms with van der Waals surface area (Å²) in [5.74, 6) is -0.162. The number of rotatable bonds is 3. The molecule has 1 heterocycles. The van der Waals surface area contributed by atoms with Gasteiger partial charge in [0.2, 0.25) is 11.2 Å². The molecule has 0 radical (unpaired) electrons. The molecule has 0 atom stereocenters. The molecule has 0 spiro atoms. The van der Waals surface area contributed by atoms with E-state index in [9.17, 15) is 9.59 Å². The third-order valence-electron chi connectivity index (χ3n) is 3.52. The molecule has 8 heteroatoms. The predicted molar refractivity (Wildman–Crippen MR) is 85.8 cm³/mol. The first-order chi connectivity index (χ1) is 11.5. The summed E-state index contributed by atoms with van der Waals surface area (Å²) in [6, 6.07) is 4.36. The van der Waals surface area contributed by atoms with Crippen LogP contribution in [0.15, 0.2) is 27.4 Å². The summed E-state index contributed by atoms with van der Waals surface area (Å²) >= 11 is 0. The van der Waals surface area contributed by atoms with Gasteiger partial charge in [0.25, 0.3) is 0 Å². The van der Waals surface area contributed by atoms with Crippen LogP contribution in [-0.4, -0.2) is 32.3 Å². The quantitative estimate of drug-likeness (QED) is 0.438. The van der Waals surface area contributed by atoms with Crippen molar-refractivity contribution < 1.29 is 23.4 Å². The predicted octanol–water partition coefficient (Wildman–Crippen LogP) is 1.68. The summed E-state index contributed by atoms with van der Waals surface area (Å²) in [5, 5.41) is 0. The van der Waals surface area contributed by atoms with Crippen molar-refractivity contribution in [2.75, 3.05) is 27.1 Å². The number of hydrogen-bond acceptors (Lipinski definition) is 8. The van der Waals surface area contributed by atoms with Crippen LogP contribution in [0.4, 0.5) is 5.69 Å². The van der Waals surface area contributed by atoms with Gasteiger partial charge in [-0.3, -0.25) is 4.79 Å². The SMILES string of the molecule is COC(=O)c1cc(OC)c2oc3c(OC)c(=O)c(N)cc-3nc2c1. The Balaban J connectivity index is 2.42. The normalized spacial score (nSPS) is 10.8. The van der Waals surface area contributed by atoms with Gasteiger partial charge in [0.15, 0.2) is 17.1 Å². The highest BCUT2D eigenvalue weighted by atomic mass is 16.5. The maximum absolute atomic E-state index is 12.1. The van der Waals surface area contributed by atoms with E-state index in [1.165, 1.54) is 39.5 Å². The minimum absolute atomic E-state index is 0.0162. The number of ether oxygens (including phenoxy) is 3. The number of carbonyl (C=O) groups is 1. The zero-order valence-electron chi connectivity index (χ0n) is 13.2. The summed E-state index contributed by atoms with van der Waals surface area (Å²) in [6.45, 7) is 0. The number of hydrogen-bond donors (Lipinski definition) is 1. The Morgan fingerprint density at radius 3 is 2.54 bits per heavy atom. The van der Waals surface area contributed by atoms with Gasteiger partial charge >= 0.3 is 5.97 Å². The van der Waals surface area contributed by atoms with Crippen LogP contribution in [0, 0.1) is 0 Å². The summed E-state index contributed by atoms with van der Waals surface area (Å²) in [5.41, 5.74) is 6.37. The monoisotopic (exact) mass is 330 g/mol. The van der Waals surface area contributed by atoms with E-state index in [0.29, 0.717) is 11.2 Å². The van der Waals surface area contributed by atoms with Gasteiger partial charge in [-0.15, -0.1) is 0 Å². The Bertz CT molecular complexity index is 979. The highest BCUT2D eigenvalue weighted by Crippen LogP contribution is 2.36. The van der Waals surface area contributed by atoms with Crippen molar-refractivity contribution in [1.29, 1.82) is 0 Å². The molecule has 3 rings (SSSR count). The molecule has 124 valence electrons. The van der Waals surface area contributed by atoms with Crippen molar-refractivity contribution in [3.8, 4) is 23.0 Å². The van der Waals surface area contributed by atoms with Crippen molar-refractivity contribution in [3.05, 3.63) is 34.0 Å². The molecule has 0 aromatic heterocycles. The fourth-order valence-electron chi connectivity index (χ4n) is 2.39. The molecule has 1 aromatic carbocycles. The minimum Gasteiger partial charge on any atom is -0.493 e. The highest BCUT2D eigenvalue weighted by molar-refractivity contribution is 5.96. The number of aromatic nitrogens is 1. The zero-order chi connectivity index (χ0) is 17.4. The summed E-state index contributed by atoms with van der Waals surface area (Å²) in [7, 11) is 4.04. The second-order valence-electron chi connectivity index (χ2n) is 4.91. The number of carbonyl (C=O) groups excluding carboxylic acids is 1. The van der Waals surface area contributed by atoms with Crippen LogP contribution in [0.1, 0.15) is 10.4 Å². The molecule has 0 saturated heterocycles. The molecule has 8 nitrogen and oxygen atoms in total. The minimum atomic E-state index is -0.538. The Labute approximate surface area is 136 Å². The molecular formula is C16H14N2O6. The van der Waals surface area contributed by atoms with Gasteiger partial charge < -0.3 is 24.4 Å². The van der Waals surface area contributed by atoms with Gasteiger partial charge in [-0.2, -0.15) is 0 Å². The first-order valence-electron chi connectivity index (χ1n) is 6.87. The summed E-state index contributed by atoms with van der Waals surface area (Å²) in [4.78, 5) is 28.2. The van der Waals surface area contributed by atoms with Gasteiger partial charge in [0.05, 0.1) is 32.6 Å². The van der Waals surface area contributed by atoms with E-state index in [-0.39, 0.29) is 34.1 Å². The van der Waals surface area contributed by atoms with E-state index in [0.717, 1.165) is 0 Å². The number of benzene rings is 2. The molecule has 0 fully saturated rings. The van der Waals surface area contributed by atoms with Crippen LogP contribution in [0.25, 0.3) is 22.6 Å². The Hall–Kier alpha value is -3.29. The van der Waals surface area contributed by atoms with Crippen LogP contribution in [0.5, 0.6) is 11.5 Å². The first-order valence-corrected chi connectivity index (χ1v) is 6.87. The molecule has 0 amide bonds. The molecule has 24 heavy (non-hydrogen) atoms. The maximum Gasteiger partial charge on any atom is 0.338 e. The number of esters is 1. The second-order valence-corrected chi connectivity index (χ2v) is 4.91. The Morgan fingerprint density at radius 1 is 1.17 bits per heavy atom. The van der Waals surface area contributed by atoms with E-state index >= 15 is 0 Å². The topological polar surface area (TPSA) is 114 Å². The van der Waals surface area contributed by atoms with E-state index in [2.05, 4.69) is 4.98 Å². The third-order valence-corrected chi connectivity index (χ3v) is 3.52. The van der Waals surface area contributed by atoms with E-state index < -0.39 is 11.4 Å². The molecule has 2 N–H and O–H groups in total. The Kier molecular flexibility index (Phi) is 3.72. The van der Waals surface area contributed by atoms with Gasteiger partial charge in [-0.05, 0) is 18.2 Å². The van der Waals surface area contributed by atoms with E-state index in [1.54, 1.807) is 0 Å². The van der Waals surface area contributed by atoms with E-state index in [4.69, 9.17) is 24.4 Å². The molecule has 0 bridgehead atoms. The number of nitrogens with zero attached hydrogens (tertiary/aromatic N) is 1. The molecule has 1 aliphatic carbocycles. The van der Waals surface area contributed by atoms with Crippen molar-refractivity contribution >= 4 is 22.8 Å². The van der Waals surface area contributed by atoms with Gasteiger partial charge in [-0.25, -0.2) is 9.78 Å². The molecule has 0 saturated carbocycles. The molecular weight excluding hydrogens is 316 g/mol. The number of nitrogen functional groups attached to an aromatic ring is 1. The van der Waals surface area contributed by atoms with Crippen molar-refractivity contribution in [2.24, 2.45) is 0 Å². The first kappa shape index (κ1) is 15.6. The van der Waals surface area contributed by atoms with Crippen LogP contribution in [-0.2, 0) is 4.74 Å². The third kappa shape index (κ3) is 2.28. The smallest absolute Gasteiger partial charge is 0.338 e. The number of nitrogens with two attached hydrogens (primary N) is 1. The van der Waals surface area contributed by atoms with Crippen LogP contribution < -0.4 is 20.6 Å². The van der Waals surface area contributed by atoms with Crippen molar-refractivity contribution in [2.45, 2.75) is 0 Å². The zero-order valence-corrected chi connectivity index (χ0v) is 13.2. The van der Waals surface area contributed by atoms with Crippen LogP contribution in [0.3, 0.4) is 0 Å². The maximum atomic E-state index is 12.1. The summed E-state index contributed by atoms with van der Waals surface area (Å²) in [6.07, 6.45) is 0. The van der Waals surface area contributed by atoms with E-state index in [1.807, 2.05) is 0 Å². The fraction of sp³-hybridized carbons (Fsp3) is 0.188. The Morgan fingerprint density at radius 2 is 1.92 bits per heavy atom. The van der Waals surface area contributed by atoms with Gasteiger partial charge in [0.1, 0.15) is 11.2 Å². The van der Waals surface area contributed by atoms with Crippen molar-refractivity contribution in [1.82, 2.24) is 4.98 Å². The lowest BCUT2D eigenvalue weighted by Crippen LogP contribution is -2.13. The average Bonchev–Trinajstić information content (AvgIpc) is 2.59. The van der Waals surface area contributed by atoms with Gasteiger partial charge in [0, 0.05) is 0 Å². The van der Waals surface area contributed by atoms with Crippen LogP contribution in [0.2, 0.25) is 0 Å². The highest BCUT2D eigenvalue weighted by Gasteiger charge is 2.23. The largest absolute Gasteiger partial charge is 0.493 e. The number of fused-ring (bicyclic) bond motifs is 2. The fourth-order valence-corrected chi connectivity index (χ4v) is 2.39. The lowest BCUT2D eigenvalue weighted by Gasteiger charge is -2.13. The molecule has 1 aliphatic heterocycles. The van der Waals surface area contributed by atoms with Gasteiger partial charge in [-0.1, -0.05) is 0 Å². The molecule has 1 aromatic rings. The lowest BCUT2D eigenvalue weighted by atomic mass is 10.1. The molecule has 2 aliphatic rings. The molecule has 0 unspecified atom stereocenters. The average molecular weight is 330 g/mol.